The lowest BCUT2D eigenvalue weighted by atomic mass is 10.0. The van der Waals surface area contributed by atoms with E-state index in [1.54, 1.807) is 0 Å². The van der Waals surface area contributed by atoms with E-state index in [4.69, 9.17) is 0 Å². The Labute approximate surface area is 122 Å². The molecule has 0 aliphatic heterocycles. The Bertz CT molecular complexity index is 160. The Balaban J connectivity index is 2.91. The molecule has 0 unspecified atom stereocenters. The van der Waals surface area contributed by atoms with Crippen molar-refractivity contribution < 1.29 is 0 Å². The molecule has 0 amide bonds. The van der Waals surface area contributed by atoms with Crippen LogP contribution in [0.5, 0.6) is 0 Å². The van der Waals surface area contributed by atoms with Gasteiger partial charge in [-0.1, -0.05) is 82.8 Å². The van der Waals surface area contributed by atoms with E-state index in [2.05, 4.69) is 13.2 Å². The second kappa shape index (κ2) is 17.5. The second-order valence-corrected chi connectivity index (χ2v) is 5.75. The number of hydrogen-bond donors (Lipinski definition) is 0. The summed E-state index contributed by atoms with van der Waals surface area (Å²) in [4.78, 5) is 0. The summed E-state index contributed by atoms with van der Waals surface area (Å²) in [6.45, 7) is 7.52. The lowest BCUT2D eigenvalue weighted by molar-refractivity contribution is 0.538. The molecule has 112 valence electrons. The van der Waals surface area contributed by atoms with Crippen molar-refractivity contribution in [3.63, 3.8) is 0 Å². The first-order valence-electron chi connectivity index (χ1n) is 8.63. The Morgan fingerprint density at radius 2 is 0.579 bits per heavy atom. The average molecular weight is 264 g/mol. The van der Waals surface area contributed by atoms with E-state index in [-0.39, 0.29) is 0 Å². The zero-order valence-corrected chi connectivity index (χ0v) is 13.2. The zero-order chi connectivity index (χ0) is 14.0. The van der Waals surface area contributed by atoms with Crippen molar-refractivity contribution in [3.05, 3.63) is 25.3 Å². The van der Waals surface area contributed by atoms with Gasteiger partial charge in [-0.15, -0.1) is 13.2 Å². The Morgan fingerprint density at radius 3 is 0.789 bits per heavy atom. The lowest BCUT2D eigenvalue weighted by Gasteiger charge is -2.02. The standard InChI is InChI=1S/C19H36/c1-3-5-7-9-11-13-15-17-19-18-16-14-12-10-8-6-4-2/h3-4H,1-2,5-19H2. The molecule has 0 aromatic rings. The first kappa shape index (κ1) is 18.5. The molecule has 0 rings (SSSR count). The third-order valence-corrected chi connectivity index (χ3v) is 3.82. The molecule has 0 nitrogen and oxygen atoms in total. The van der Waals surface area contributed by atoms with Crippen molar-refractivity contribution in [3.8, 4) is 0 Å². The summed E-state index contributed by atoms with van der Waals surface area (Å²) in [5.74, 6) is 0. The molecule has 0 atom stereocenters. The Hall–Kier alpha value is -0.520. The van der Waals surface area contributed by atoms with Crippen molar-refractivity contribution in [1.82, 2.24) is 0 Å². The van der Waals surface area contributed by atoms with E-state index in [1.165, 1.54) is 96.3 Å². The van der Waals surface area contributed by atoms with Gasteiger partial charge in [-0.05, 0) is 25.7 Å². The average Bonchev–Trinajstić information content (AvgIpc) is 2.43. The Morgan fingerprint density at radius 1 is 0.368 bits per heavy atom. The molecule has 19 heavy (non-hydrogen) atoms. The van der Waals surface area contributed by atoms with Crippen molar-refractivity contribution in [2.24, 2.45) is 0 Å². The molecular weight excluding hydrogens is 228 g/mol. The molecule has 0 saturated carbocycles. The molecule has 0 aliphatic rings. The third kappa shape index (κ3) is 17.5. The van der Waals surface area contributed by atoms with Crippen LogP contribution in [-0.2, 0) is 0 Å². The normalized spacial score (nSPS) is 10.5. The smallest absolute Gasteiger partial charge is 0.0353 e. The van der Waals surface area contributed by atoms with Crippen LogP contribution in [0.3, 0.4) is 0 Å². The van der Waals surface area contributed by atoms with Gasteiger partial charge in [0.05, 0.1) is 0 Å². The van der Waals surface area contributed by atoms with Gasteiger partial charge in [0.15, 0.2) is 0 Å². The van der Waals surface area contributed by atoms with Crippen LogP contribution in [0.1, 0.15) is 96.3 Å². The number of allylic oxidation sites excluding steroid dienone is 2. The molecule has 0 heterocycles. The van der Waals surface area contributed by atoms with Crippen LogP contribution in [0, 0.1) is 0 Å². The van der Waals surface area contributed by atoms with Gasteiger partial charge >= 0.3 is 0 Å². The molecule has 0 aromatic carbocycles. The molecule has 0 saturated heterocycles. The lowest BCUT2D eigenvalue weighted by Crippen LogP contribution is -1.83. The first-order valence-corrected chi connectivity index (χ1v) is 8.63. The molecule has 0 bridgehead atoms. The van der Waals surface area contributed by atoms with Crippen LogP contribution in [0.15, 0.2) is 25.3 Å². The maximum atomic E-state index is 3.76. The van der Waals surface area contributed by atoms with Gasteiger partial charge in [0.2, 0.25) is 0 Å². The second-order valence-electron chi connectivity index (χ2n) is 5.75. The Kier molecular flexibility index (Phi) is 17.0. The highest BCUT2D eigenvalue weighted by Crippen LogP contribution is 2.13. The van der Waals surface area contributed by atoms with E-state index >= 15 is 0 Å². The fourth-order valence-corrected chi connectivity index (χ4v) is 2.52. The number of hydrogen-bond acceptors (Lipinski definition) is 0. The maximum absolute atomic E-state index is 3.76. The fourth-order valence-electron chi connectivity index (χ4n) is 2.52. The van der Waals surface area contributed by atoms with E-state index in [0.717, 1.165) is 0 Å². The first-order chi connectivity index (χ1) is 9.41. The van der Waals surface area contributed by atoms with Crippen LogP contribution in [0.25, 0.3) is 0 Å². The molecule has 0 N–H and O–H groups in total. The van der Waals surface area contributed by atoms with Crippen LogP contribution in [0.2, 0.25) is 0 Å². The summed E-state index contributed by atoms with van der Waals surface area (Å²) in [5.41, 5.74) is 0. The zero-order valence-electron chi connectivity index (χ0n) is 13.2. The van der Waals surface area contributed by atoms with Gasteiger partial charge in [-0.3, -0.25) is 0 Å². The highest BCUT2D eigenvalue weighted by atomic mass is 14.0. The van der Waals surface area contributed by atoms with Crippen LogP contribution < -0.4 is 0 Å². The van der Waals surface area contributed by atoms with E-state index in [9.17, 15) is 0 Å². The van der Waals surface area contributed by atoms with Crippen molar-refractivity contribution in [2.75, 3.05) is 0 Å². The highest BCUT2D eigenvalue weighted by Gasteiger charge is 1.93. The molecular formula is C19H36. The molecule has 0 aromatic heterocycles. The van der Waals surface area contributed by atoms with Crippen molar-refractivity contribution in [2.45, 2.75) is 96.3 Å². The van der Waals surface area contributed by atoms with E-state index in [1.807, 2.05) is 12.2 Å². The molecule has 0 spiro atoms. The summed E-state index contributed by atoms with van der Waals surface area (Å²) in [6, 6.07) is 0. The van der Waals surface area contributed by atoms with Crippen LogP contribution in [0.4, 0.5) is 0 Å². The van der Waals surface area contributed by atoms with Gasteiger partial charge in [0.25, 0.3) is 0 Å². The number of rotatable bonds is 16. The van der Waals surface area contributed by atoms with Crippen LogP contribution >= 0.6 is 0 Å². The molecule has 0 fully saturated rings. The molecule has 0 aliphatic carbocycles. The molecule has 0 heteroatoms. The predicted octanol–water partition coefficient (Wildman–Crippen LogP) is 7.21. The van der Waals surface area contributed by atoms with Crippen molar-refractivity contribution >= 4 is 0 Å². The number of unbranched alkanes of at least 4 members (excludes halogenated alkanes) is 14. The van der Waals surface area contributed by atoms with Gasteiger partial charge in [-0.2, -0.15) is 0 Å². The molecule has 0 radical (unpaired) electrons. The highest BCUT2D eigenvalue weighted by molar-refractivity contribution is 4.65. The minimum absolute atomic E-state index is 1.20. The topological polar surface area (TPSA) is 0 Å². The third-order valence-electron chi connectivity index (χ3n) is 3.82. The monoisotopic (exact) mass is 264 g/mol. The maximum Gasteiger partial charge on any atom is -0.0353 e. The minimum atomic E-state index is 1.20. The largest absolute Gasteiger partial charge is 0.103 e. The van der Waals surface area contributed by atoms with Gasteiger partial charge < -0.3 is 0 Å². The quantitative estimate of drug-likeness (QED) is 0.204. The van der Waals surface area contributed by atoms with E-state index in [0.29, 0.717) is 0 Å². The summed E-state index contributed by atoms with van der Waals surface area (Å²) in [5, 5.41) is 0. The summed E-state index contributed by atoms with van der Waals surface area (Å²) in [7, 11) is 0. The summed E-state index contributed by atoms with van der Waals surface area (Å²) < 4.78 is 0. The summed E-state index contributed by atoms with van der Waals surface area (Å²) in [6.07, 6.45) is 25.0. The van der Waals surface area contributed by atoms with Gasteiger partial charge in [-0.25, -0.2) is 0 Å². The SMILES string of the molecule is C=CCCCCCCCCCCCCCCCC=C. The van der Waals surface area contributed by atoms with E-state index < -0.39 is 0 Å². The van der Waals surface area contributed by atoms with Gasteiger partial charge in [0, 0.05) is 0 Å². The van der Waals surface area contributed by atoms with Gasteiger partial charge in [0.1, 0.15) is 0 Å². The predicted molar refractivity (Wildman–Crippen MR) is 89.6 cm³/mol. The minimum Gasteiger partial charge on any atom is -0.103 e. The van der Waals surface area contributed by atoms with Crippen molar-refractivity contribution in [1.29, 1.82) is 0 Å². The summed E-state index contributed by atoms with van der Waals surface area (Å²) >= 11 is 0. The van der Waals surface area contributed by atoms with Crippen LogP contribution in [-0.4, -0.2) is 0 Å². The fraction of sp³-hybridized carbons (Fsp3) is 0.789.